The summed E-state index contributed by atoms with van der Waals surface area (Å²) >= 11 is 3.44. The maximum absolute atomic E-state index is 5.43. The first kappa shape index (κ1) is 45.9. The van der Waals surface area contributed by atoms with Crippen LogP contribution in [0.2, 0.25) is 0 Å². The fourth-order valence-electron chi connectivity index (χ4n) is 11.3. The monoisotopic (exact) mass is 1060 g/mol. The van der Waals surface area contributed by atoms with Gasteiger partial charge in [0.15, 0.2) is 11.6 Å². The van der Waals surface area contributed by atoms with Gasteiger partial charge in [0, 0.05) is 61.0 Å². The number of nitrogens with zero attached hydrogens (tertiary/aromatic N) is 8. The molecule has 0 bridgehead atoms. The molecule has 80 heavy (non-hydrogen) atoms. The summed E-state index contributed by atoms with van der Waals surface area (Å²) in [6, 6.07) is 86.8. The van der Waals surface area contributed by atoms with E-state index >= 15 is 0 Å². The lowest BCUT2D eigenvalue weighted by atomic mass is 10.0. The van der Waals surface area contributed by atoms with Gasteiger partial charge in [0.05, 0.1) is 65.8 Å². The largest absolute Gasteiger partial charge is 0.304 e. The van der Waals surface area contributed by atoms with Crippen molar-refractivity contribution in [2.75, 3.05) is 0 Å². The molecule has 0 amide bonds. The topological polar surface area (TPSA) is 87.2 Å². The van der Waals surface area contributed by atoms with Crippen LogP contribution >= 0.6 is 22.7 Å². The van der Waals surface area contributed by atoms with E-state index in [1.807, 2.05) is 54.7 Å². The summed E-state index contributed by atoms with van der Waals surface area (Å²) in [5, 5.41) is 6.54. The van der Waals surface area contributed by atoms with Crippen molar-refractivity contribution in [3.63, 3.8) is 0 Å². The maximum Gasteiger partial charge on any atom is 0.162 e. The Morgan fingerprint density at radius 2 is 0.812 bits per heavy atom. The van der Waals surface area contributed by atoms with Crippen molar-refractivity contribution < 1.29 is 0 Å². The summed E-state index contributed by atoms with van der Waals surface area (Å²) in [5.41, 5.74) is 17.0. The molecule has 0 aliphatic rings. The van der Waals surface area contributed by atoms with Gasteiger partial charge >= 0.3 is 0 Å². The molecule has 16 aromatic rings. The molecular weight excluding hydrogens is 1020 g/mol. The van der Waals surface area contributed by atoms with E-state index in [-0.39, 0.29) is 0 Å². The average molecular weight is 1060 g/mol. The molecule has 10 aromatic carbocycles. The van der Waals surface area contributed by atoms with Gasteiger partial charge in [0.2, 0.25) is 0 Å². The minimum absolute atomic E-state index is 0.663. The minimum Gasteiger partial charge on any atom is -0.304 e. The zero-order chi connectivity index (χ0) is 52.7. The molecule has 16 rings (SSSR count). The van der Waals surface area contributed by atoms with Crippen LogP contribution in [0.5, 0.6) is 0 Å². The van der Waals surface area contributed by atoms with Crippen LogP contribution in [0, 0.1) is 0 Å². The van der Waals surface area contributed by atoms with Crippen LogP contribution in [-0.4, -0.2) is 39.0 Å². The molecule has 0 radical (unpaired) electrons. The Morgan fingerprint density at radius 1 is 0.312 bits per heavy atom. The summed E-state index contributed by atoms with van der Waals surface area (Å²) in [6.07, 6.45) is 1.99. The molecule has 0 aliphatic carbocycles. The first-order valence-corrected chi connectivity index (χ1v) is 28.1. The Kier molecular flexibility index (Phi) is 10.7. The Bertz CT molecular complexity index is 4990. The molecule has 0 saturated heterocycles. The van der Waals surface area contributed by atoms with Crippen LogP contribution in [0.3, 0.4) is 0 Å². The lowest BCUT2D eigenvalue weighted by Crippen LogP contribution is -2.03. The molecule has 10 heteroatoms. The van der Waals surface area contributed by atoms with E-state index in [1.165, 1.54) is 0 Å². The highest BCUT2D eigenvalue weighted by molar-refractivity contribution is 7.23. The zero-order valence-corrected chi connectivity index (χ0v) is 44.3. The summed E-state index contributed by atoms with van der Waals surface area (Å²) in [6.45, 7) is 0. The van der Waals surface area contributed by atoms with Crippen molar-refractivity contribution in [1.82, 2.24) is 39.0 Å². The number of rotatable bonds is 9. The standard InChI is InChI=1S/C70H42N8S2/c1-5-18-44(19-6-1)57-41-61(75-68(72-57)47-22-9-3-10-23-47)78-59-31-16-14-29-52(59)54-37-39-56-66(64(54)78)80-70(74-56)50-27-17-26-49(40-50)43-32-34-45(35-33-43)62-60(42-71-67(76-62)46-20-7-2-8-21-46)77-58-30-15-13-28-51(58)53-36-38-55-65(63(53)77)79-69(73-55)48-24-11-4-12-25-48/h1-42H. The van der Waals surface area contributed by atoms with Gasteiger partial charge in [0.25, 0.3) is 0 Å². The van der Waals surface area contributed by atoms with Crippen molar-refractivity contribution in [2.24, 2.45) is 0 Å². The van der Waals surface area contributed by atoms with Crippen LogP contribution in [0.4, 0.5) is 0 Å². The maximum atomic E-state index is 5.43. The second-order valence-electron chi connectivity index (χ2n) is 19.8. The molecule has 0 fully saturated rings. The third kappa shape index (κ3) is 7.64. The number of hydrogen-bond donors (Lipinski definition) is 0. The molecule has 0 unspecified atom stereocenters. The normalized spacial score (nSPS) is 11.8. The number of para-hydroxylation sites is 2. The Balaban J connectivity index is 0.814. The van der Waals surface area contributed by atoms with Gasteiger partial charge < -0.3 is 4.57 Å². The van der Waals surface area contributed by atoms with Crippen molar-refractivity contribution in [3.05, 3.63) is 255 Å². The SMILES string of the molecule is c1ccc(-c2cc(-n3c4ccccc4c4ccc5nc(-c6cccc(-c7ccc(-c8nc(-c9ccccc9)ncc8-n8c9ccccc9c9ccc%10nc(-c%11ccccc%11)sc%10c98)cc7)c6)sc5c43)nc(-c3ccccc3)n2)cc1. The molecule has 0 spiro atoms. The van der Waals surface area contributed by atoms with Crippen molar-refractivity contribution in [2.45, 2.75) is 0 Å². The highest BCUT2D eigenvalue weighted by atomic mass is 32.1. The quantitative estimate of drug-likeness (QED) is 0.143. The van der Waals surface area contributed by atoms with Gasteiger partial charge in [-0.2, -0.15) is 0 Å². The van der Waals surface area contributed by atoms with Crippen molar-refractivity contribution >= 4 is 86.7 Å². The third-order valence-electron chi connectivity index (χ3n) is 15.1. The van der Waals surface area contributed by atoms with Crippen LogP contribution < -0.4 is 0 Å². The van der Waals surface area contributed by atoms with E-state index in [1.54, 1.807) is 22.7 Å². The Hall–Kier alpha value is -10.3. The Labute approximate surface area is 466 Å². The average Bonchev–Trinajstić information content (AvgIpc) is 4.38. The van der Waals surface area contributed by atoms with Crippen LogP contribution in [0.15, 0.2) is 255 Å². The van der Waals surface area contributed by atoms with E-state index in [2.05, 4.69) is 209 Å². The van der Waals surface area contributed by atoms with Crippen LogP contribution in [0.25, 0.3) is 153 Å². The first-order chi connectivity index (χ1) is 39.6. The highest BCUT2D eigenvalue weighted by Crippen LogP contribution is 2.45. The minimum atomic E-state index is 0.663. The molecule has 0 saturated carbocycles. The predicted octanol–water partition coefficient (Wildman–Crippen LogP) is 18.3. The third-order valence-corrected chi connectivity index (χ3v) is 17.3. The van der Waals surface area contributed by atoms with Crippen molar-refractivity contribution in [1.29, 1.82) is 0 Å². The van der Waals surface area contributed by atoms with Gasteiger partial charge in [-0.05, 0) is 53.6 Å². The van der Waals surface area contributed by atoms with E-state index in [0.717, 1.165) is 141 Å². The van der Waals surface area contributed by atoms with Gasteiger partial charge in [-0.1, -0.05) is 200 Å². The molecule has 374 valence electrons. The zero-order valence-electron chi connectivity index (χ0n) is 42.6. The summed E-state index contributed by atoms with van der Waals surface area (Å²) < 4.78 is 6.87. The Morgan fingerprint density at radius 3 is 1.45 bits per heavy atom. The molecule has 0 N–H and O–H groups in total. The first-order valence-electron chi connectivity index (χ1n) is 26.5. The predicted molar refractivity (Wildman–Crippen MR) is 331 cm³/mol. The lowest BCUT2D eigenvalue weighted by Gasteiger charge is -2.15. The number of aromatic nitrogens is 8. The molecular formula is C70H42N8S2. The smallest absolute Gasteiger partial charge is 0.162 e. The molecule has 0 aliphatic heterocycles. The number of fused-ring (bicyclic) bond motifs is 10. The number of hydrogen-bond acceptors (Lipinski definition) is 8. The molecule has 0 atom stereocenters. The van der Waals surface area contributed by atoms with E-state index in [0.29, 0.717) is 11.6 Å². The van der Waals surface area contributed by atoms with Gasteiger partial charge in [-0.25, -0.2) is 29.9 Å². The molecule has 6 heterocycles. The fourth-order valence-corrected chi connectivity index (χ4v) is 13.5. The highest BCUT2D eigenvalue weighted by Gasteiger charge is 2.24. The van der Waals surface area contributed by atoms with E-state index < -0.39 is 0 Å². The number of benzene rings is 10. The van der Waals surface area contributed by atoms with Crippen LogP contribution in [0.1, 0.15) is 0 Å². The van der Waals surface area contributed by atoms with Gasteiger partial charge in [-0.15, -0.1) is 22.7 Å². The lowest BCUT2D eigenvalue weighted by molar-refractivity contribution is 1.05. The van der Waals surface area contributed by atoms with Crippen molar-refractivity contribution in [3.8, 4) is 89.1 Å². The molecule has 6 aromatic heterocycles. The summed E-state index contributed by atoms with van der Waals surface area (Å²) in [5.74, 6) is 2.13. The summed E-state index contributed by atoms with van der Waals surface area (Å²) in [4.78, 5) is 31.5. The fraction of sp³-hybridized carbons (Fsp3) is 0. The van der Waals surface area contributed by atoms with Crippen LogP contribution in [-0.2, 0) is 0 Å². The molecule has 8 nitrogen and oxygen atoms in total. The van der Waals surface area contributed by atoms with E-state index in [9.17, 15) is 0 Å². The van der Waals surface area contributed by atoms with Gasteiger partial charge in [0.1, 0.15) is 15.8 Å². The number of thiazole rings is 2. The summed E-state index contributed by atoms with van der Waals surface area (Å²) in [7, 11) is 0. The van der Waals surface area contributed by atoms with Gasteiger partial charge in [-0.3, -0.25) is 4.57 Å². The van der Waals surface area contributed by atoms with E-state index in [4.69, 9.17) is 29.9 Å². The second kappa shape index (κ2) is 18.7. The second-order valence-corrected chi connectivity index (χ2v) is 21.8.